The van der Waals surface area contributed by atoms with E-state index in [9.17, 15) is 0 Å². The first-order chi connectivity index (χ1) is 0. The Labute approximate surface area is 82.5 Å². The molecule has 0 unspecified atom stereocenters. The molecule has 8 N–H and O–H groups in total. The summed E-state index contributed by atoms with van der Waals surface area (Å²) in [7, 11) is 0. The quantitative estimate of drug-likeness (QED) is 0.408. The van der Waals surface area contributed by atoms with Crippen molar-refractivity contribution in [3.63, 3.8) is 0 Å². The van der Waals surface area contributed by atoms with Gasteiger partial charge in [-0.2, -0.15) is 0 Å². The molecule has 0 rings (SSSR count). The molecule has 4 nitrogen and oxygen atoms in total. The first-order valence-corrected chi connectivity index (χ1v) is 0. The van der Waals surface area contributed by atoms with Crippen LogP contribution in [-0.2, 0) is 61.2 Å². The standard InChI is InChI=1S/Mn.Nb.4H2O.Ti/h;;4*1H2;. The molecule has 0 atom stereocenters. The minimum absolute atomic E-state index is 0. The summed E-state index contributed by atoms with van der Waals surface area (Å²) in [6.07, 6.45) is 0. The largest absolute Gasteiger partial charge is 0.412 e. The van der Waals surface area contributed by atoms with Gasteiger partial charge in [-0.1, -0.05) is 0 Å². The number of hydrogen-bond donors (Lipinski definition) is 0. The molecule has 0 saturated heterocycles. The van der Waals surface area contributed by atoms with Crippen molar-refractivity contribution < 1.29 is 83.1 Å². The predicted octanol–water partition coefficient (Wildman–Crippen LogP) is -3.31. The fourth-order valence-corrected chi connectivity index (χ4v) is 0. The van der Waals surface area contributed by atoms with E-state index in [1.165, 1.54) is 0 Å². The van der Waals surface area contributed by atoms with E-state index in [2.05, 4.69) is 0 Å². The predicted molar refractivity (Wildman–Crippen MR) is 14.5 cm³/mol. The van der Waals surface area contributed by atoms with E-state index in [4.69, 9.17) is 0 Å². The molecule has 0 spiro atoms. The summed E-state index contributed by atoms with van der Waals surface area (Å²) in [5.74, 6) is 0. The number of rotatable bonds is 0. The van der Waals surface area contributed by atoms with Crippen molar-refractivity contribution in [2.45, 2.75) is 0 Å². The van der Waals surface area contributed by atoms with Crippen molar-refractivity contribution in [1.29, 1.82) is 0 Å². The molecule has 48 valence electrons. The van der Waals surface area contributed by atoms with Crippen LogP contribution in [0.5, 0.6) is 0 Å². The van der Waals surface area contributed by atoms with Gasteiger partial charge in [0.1, 0.15) is 0 Å². The van der Waals surface area contributed by atoms with Gasteiger partial charge in [0.05, 0.1) is 0 Å². The zero-order valence-corrected chi connectivity index (χ0v) is 8.27. The van der Waals surface area contributed by atoms with Crippen LogP contribution in [-0.4, -0.2) is 21.9 Å². The fraction of sp³-hybridized carbons (Fsp3) is 0. The topological polar surface area (TPSA) is 126 Å². The van der Waals surface area contributed by atoms with E-state index >= 15 is 0 Å². The van der Waals surface area contributed by atoms with Crippen LogP contribution < -0.4 is 0 Å². The Morgan fingerprint density at radius 2 is 0.571 bits per heavy atom. The molecule has 0 aliphatic carbocycles. The Bertz CT molecular complexity index is 11.7. The van der Waals surface area contributed by atoms with Gasteiger partial charge in [-0.15, -0.1) is 0 Å². The van der Waals surface area contributed by atoms with Crippen LogP contribution in [0.3, 0.4) is 0 Å². The van der Waals surface area contributed by atoms with E-state index < -0.39 is 0 Å². The van der Waals surface area contributed by atoms with Crippen LogP contribution in [0.25, 0.3) is 0 Å². The van der Waals surface area contributed by atoms with Crippen molar-refractivity contribution in [2.75, 3.05) is 0 Å². The van der Waals surface area contributed by atoms with Crippen LogP contribution in [0.1, 0.15) is 0 Å². The van der Waals surface area contributed by atoms with E-state index in [1.807, 2.05) is 0 Å². The molecular formula is H8MnNbO4Ti. The van der Waals surface area contributed by atoms with Crippen LogP contribution in [0.4, 0.5) is 0 Å². The third-order valence-corrected chi connectivity index (χ3v) is 0. The summed E-state index contributed by atoms with van der Waals surface area (Å²) >= 11 is 0. The molecule has 7 heteroatoms. The maximum absolute atomic E-state index is 0. The average Bonchev–Trinajstić information content (AvgIpc) is 0. The second-order valence-corrected chi connectivity index (χ2v) is 0. The van der Waals surface area contributed by atoms with E-state index in [0.717, 1.165) is 0 Å². The molecule has 2 radical (unpaired) electrons. The molecular weight excluding hydrogens is 260 g/mol. The molecule has 0 saturated carbocycles. The van der Waals surface area contributed by atoms with E-state index in [0.29, 0.717) is 0 Å². The molecule has 0 aromatic heterocycles. The minimum Gasteiger partial charge on any atom is -0.412 e. The second kappa shape index (κ2) is 110. The summed E-state index contributed by atoms with van der Waals surface area (Å²) < 4.78 is 0. The maximum atomic E-state index is 0. The van der Waals surface area contributed by atoms with Crippen molar-refractivity contribution >= 4 is 0 Å². The summed E-state index contributed by atoms with van der Waals surface area (Å²) in [6, 6.07) is 0. The van der Waals surface area contributed by atoms with Crippen LogP contribution >= 0.6 is 0 Å². The SMILES string of the molecule is O.O.O.O.[Mn].[Nb].[Ti]. The van der Waals surface area contributed by atoms with Gasteiger partial charge in [-0.05, 0) is 0 Å². The number of hydrogen-bond acceptors (Lipinski definition) is 0. The maximum Gasteiger partial charge on any atom is 0 e. The van der Waals surface area contributed by atoms with Crippen LogP contribution in [0, 0.1) is 0 Å². The molecule has 0 amide bonds. The van der Waals surface area contributed by atoms with Gasteiger partial charge < -0.3 is 21.9 Å². The normalized spacial score (nSPS) is 0. The molecule has 0 aliphatic heterocycles. The fourth-order valence-electron chi connectivity index (χ4n) is 0. The zero-order chi connectivity index (χ0) is 0. The molecule has 0 aromatic carbocycles. The van der Waals surface area contributed by atoms with E-state index in [1.54, 1.807) is 0 Å². The van der Waals surface area contributed by atoms with Crippen molar-refractivity contribution in [3.05, 3.63) is 0 Å². The zero-order valence-electron chi connectivity index (χ0n) is 3.33. The summed E-state index contributed by atoms with van der Waals surface area (Å²) in [5, 5.41) is 0. The monoisotopic (exact) mass is 268 g/mol. The van der Waals surface area contributed by atoms with Crippen molar-refractivity contribution in [1.82, 2.24) is 0 Å². The third kappa shape index (κ3) is 80.3. The van der Waals surface area contributed by atoms with Gasteiger partial charge in [-0.3, -0.25) is 0 Å². The Morgan fingerprint density at radius 1 is 0.571 bits per heavy atom. The Balaban J connectivity index is 0. The van der Waals surface area contributed by atoms with Gasteiger partial charge in [0.15, 0.2) is 0 Å². The van der Waals surface area contributed by atoms with Gasteiger partial charge in [0, 0.05) is 61.2 Å². The Morgan fingerprint density at radius 3 is 0.571 bits per heavy atom. The molecule has 0 aromatic rings. The van der Waals surface area contributed by atoms with Crippen molar-refractivity contribution in [3.8, 4) is 0 Å². The first-order valence-electron chi connectivity index (χ1n) is 0. The molecule has 0 heterocycles. The minimum atomic E-state index is 0. The van der Waals surface area contributed by atoms with Gasteiger partial charge in [-0.25, -0.2) is 0 Å². The average molecular weight is 268 g/mol. The van der Waals surface area contributed by atoms with Gasteiger partial charge >= 0.3 is 0 Å². The summed E-state index contributed by atoms with van der Waals surface area (Å²) in [4.78, 5) is 0. The smallest absolute Gasteiger partial charge is 0 e. The second-order valence-electron chi connectivity index (χ2n) is 0. The Hall–Kier alpha value is 1.81. The molecule has 0 fully saturated rings. The van der Waals surface area contributed by atoms with E-state index in [-0.39, 0.29) is 83.1 Å². The van der Waals surface area contributed by atoms with Gasteiger partial charge in [0.25, 0.3) is 0 Å². The summed E-state index contributed by atoms with van der Waals surface area (Å²) in [5.41, 5.74) is 0. The first kappa shape index (κ1) is 164. The van der Waals surface area contributed by atoms with Crippen molar-refractivity contribution in [2.24, 2.45) is 0 Å². The van der Waals surface area contributed by atoms with Gasteiger partial charge in [0.2, 0.25) is 0 Å². The molecule has 7 heavy (non-hydrogen) atoms. The van der Waals surface area contributed by atoms with Crippen LogP contribution in [0.2, 0.25) is 0 Å². The summed E-state index contributed by atoms with van der Waals surface area (Å²) in [6.45, 7) is 0. The van der Waals surface area contributed by atoms with Crippen LogP contribution in [0.15, 0.2) is 0 Å². The molecule has 0 aliphatic rings. The molecule has 0 bridgehead atoms. The third-order valence-electron chi connectivity index (χ3n) is 0. The Kier molecular flexibility index (Phi) is 2580.